The molecule has 19 heavy (non-hydrogen) atoms. The standard InChI is InChI=1S/C13H25N3O3/c1-3-5-11(10-12(17)18)14-13(19)16-8-6-15(4-2)7-9-16/h11H,3-10H2,1-2H3,(H,14,19)(H,17,18). The van der Waals surface area contributed by atoms with Crippen LogP contribution in [0, 0.1) is 0 Å². The summed E-state index contributed by atoms with van der Waals surface area (Å²) in [5, 5.41) is 11.7. The fraction of sp³-hybridized carbons (Fsp3) is 0.846. The maximum Gasteiger partial charge on any atom is 0.317 e. The molecule has 0 aromatic rings. The van der Waals surface area contributed by atoms with Crippen LogP contribution in [0.2, 0.25) is 0 Å². The predicted molar refractivity (Wildman–Crippen MR) is 73.2 cm³/mol. The third-order valence-corrected chi connectivity index (χ3v) is 3.49. The summed E-state index contributed by atoms with van der Waals surface area (Å²) >= 11 is 0. The molecule has 6 nitrogen and oxygen atoms in total. The molecule has 1 saturated heterocycles. The summed E-state index contributed by atoms with van der Waals surface area (Å²) in [6, 6.07) is -0.394. The summed E-state index contributed by atoms with van der Waals surface area (Å²) in [4.78, 5) is 26.9. The van der Waals surface area contributed by atoms with Gasteiger partial charge in [0.2, 0.25) is 0 Å². The topological polar surface area (TPSA) is 72.9 Å². The third kappa shape index (κ3) is 5.46. The minimum atomic E-state index is -0.866. The highest BCUT2D eigenvalue weighted by Gasteiger charge is 2.22. The fourth-order valence-corrected chi connectivity index (χ4v) is 2.32. The quantitative estimate of drug-likeness (QED) is 0.755. The lowest BCUT2D eigenvalue weighted by Crippen LogP contribution is -2.53. The molecule has 1 aliphatic heterocycles. The van der Waals surface area contributed by atoms with E-state index in [4.69, 9.17) is 5.11 Å². The summed E-state index contributed by atoms with van der Waals surface area (Å²) in [6.07, 6.45) is 1.56. The van der Waals surface area contributed by atoms with Gasteiger partial charge in [-0.15, -0.1) is 0 Å². The lowest BCUT2D eigenvalue weighted by molar-refractivity contribution is -0.137. The number of carbonyl (C=O) groups excluding carboxylic acids is 1. The van der Waals surface area contributed by atoms with E-state index in [1.807, 2.05) is 6.92 Å². The van der Waals surface area contributed by atoms with Crippen molar-refractivity contribution in [3.05, 3.63) is 0 Å². The van der Waals surface area contributed by atoms with Crippen LogP contribution in [0.4, 0.5) is 4.79 Å². The molecular weight excluding hydrogens is 246 g/mol. The molecule has 1 fully saturated rings. The second-order valence-corrected chi connectivity index (χ2v) is 4.95. The van der Waals surface area contributed by atoms with Gasteiger partial charge in [-0.25, -0.2) is 4.79 Å². The van der Waals surface area contributed by atoms with Crippen molar-refractivity contribution >= 4 is 12.0 Å². The molecular formula is C13H25N3O3. The zero-order valence-corrected chi connectivity index (χ0v) is 11.9. The van der Waals surface area contributed by atoms with Crippen LogP contribution < -0.4 is 5.32 Å². The largest absolute Gasteiger partial charge is 0.481 e. The van der Waals surface area contributed by atoms with Crippen LogP contribution in [-0.2, 0) is 4.79 Å². The minimum Gasteiger partial charge on any atom is -0.481 e. The van der Waals surface area contributed by atoms with Gasteiger partial charge in [0.25, 0.3) is 0 Å². The monoisotopic (exact) mass is 271 g/mol. The van der Waals surface area contributed by atoms with E-state index in [1.165, 1.54) is 0 Å². The van der Waals surface area contributed by atoms with Crippen LogP contribution in [0.5, 0.6) is 0 Å². The number of rotatable bonds is 6. The molecule has 110 valence electrons. The summed E-state index contributed by atoms with van der Waals surface area (Å²) in [6.45, 7) is 8.31. The van der Waals surface area contributed by atoms with E-state index in [-0.39, 0.29) is 18.5 Å². The molecule has 1 aliphatic rings. The number of hydrogen-bond acceptors (Lipinski definition) is 3. The molecule has 2 N–H and O–H groups in total. The summed E-state index contributed by atoms with van der Waals surface area (Å²) in [5.74, 6) is -0.866. The van der Waals surface area contributed by atoms with Crippen molar-refractivity contribution in [3.8, 4) is 0 Å². The lowest BCUT2D eigenvalue weighted by atomic mass is 10.1. The van der Waals surface area contributed by atoms with Gasteiger partial charge >= 0.3 is 12.0 Å². The van der Waals surface area contributed by atoms with Gasteiger partial charge in [0.05, 0.1) is 6.42 Å². The number of nitrogens with one attached hydrogen (secondary N) is 1. The van der Waals surface area contributed by atoms with Crippen LogP contribution in [-0.4, -0.2) is 65.7 Å². The van der Waals surface area contributed by atoms with Gasteiger partial charge in [-0.3, -0.25) is 4.79 Å². The Balaban J connectivity index is 2.41. The fourth-order valence-electron chi connectivity index (χ4n) is 2.32. The van der Waals surface area contributed by atoms with Gasteiger partial charge in [-0.1, -0.05) is 20.3 Å². The van der Waals surface area contributed by atoms with Crippen molar-refractivity contribution in [1.82, 2.24) is 15.1 Å². The predicted octanol–water partition coefficient (Wildman–Crippen LogP) is 0.977. The Hall–Kier alpha value is -1.30. The number of carboxylic acids is 1. The van der Waals surface area contributed by atoms with E-state index in [0.717, 1.165) is 26.1 Å². The number of carboxylic acid groups (broad SMARTS) is 1. The average molecular weight is 271 g/mol. The molecule has 0 saturated carbocycles. The molecule has 0 aliphatic carbocycles. The normalized spacial score (nSPS) is 18.1. The van der Waals surface area contributed by atoms with Crippen molar-refractivity contribution in [2.75, 3.05) is 32.7 Å². The Morgan fingerprint density at radius 3 is 2.32 bits per heavy atom. The molecule has 0 radical (unpaired) electrons. The highest BCUT2D eigenvalue weighted by molar-refractivity contribution is 5.76. The molecule has 6 heteroatoms. The van der Waals surface area contributed by atoms with E-state index >= 15 is 0 Å². The second-order valence-electron chi connectivity index (χ2n) is 4.95. The number of nitrogens with zero attached hydrogens (tertiary/aromatic N) is 2. The molecule has 1 atom stereocenters. The minimum absolute atomic E-state index is 0.00545. The van der Waals surface area contributed by atoms with Crippen LogP contribution >= 0.6 is 0 Å². The molecule has 1 unspecified atom stereocenters. The molecule has 1 heterocycles. The Labute approximate surface area is 114 Å². The highest BCUT2D eigenvalue weighted by atomic mass is 16.4. The number of urea groups is 1. The van der Waals surface area contributed by atoms with Gasteiger partial charge < -0.3 is 20.2 Å². The molecule has 0 spiro atoms. The lowest BCUT2D eigenvalue weighted by Gasteiger charge is -2.34. The average Bonchev–Trinajstić information content (AvgIpc) is 2.38. The van der Waals surface area contributed by atoms with Gasteiger partial charge in [0.15, 0.2) is 0 Å². The number of aliphatic carboxylic acids is 1. The maximum absolute atomic E-state index is 12.1. The van der Waals surface area contributed by atoms with Crippen LogP contribution in [0.25, 0.3) is 0 Å². The first kappa shape index (κ1) is 15.8. The van der Waals surface area contributed by atoms with E-state index < -0.39 is 5.97 Å². The smallest absolute Gasteiger partial charge is 0.317 e. The number of hydrogen-bond donors (Lipinski definition) is 2. The number of carbonyl (C=O) groups is 2. The molecule has 2 amide bonds. The van der Waals surface area contributed by atoms with Gasteiger partial charge in [-0.05, 0) is 13.0 Å². The van der Waals surface area contributed by atoms with Gasteiger partial charge in [0, 0.05) is 32.2 Å². The van der Waals surface area contributed by atoms with Gasteiger partial charge in [0.1, 0.15) is 0 Å². The Kier molecular flexibility index (Phi) is 6.62. The van der Waals surface area contributed by atoms with E-state index in [1.54, 1.807) is 4.90 Å². The first-order valence-corrected chi connectivity index (χ1v) is 7.06. The molecule has 1 rings (SSSR count). The summed E-state index contributed by atoms with van der Waals surface area (Å²) in [7, 11) is 0. The van der Waals surface area contributed by atoms with E-state index in [0.29, 0.717) is 19.5 Å². The first-order valence-electron chi connectivity index (χ1n) is 7.06. The Bertz CT molecular complexity index is 302. The molecule has 0 bridgehead atoms. The Morgan fingerprint density at radius 1 is 1.21 bits per heavy atom. The third-order valence-electron chi connectivity index (χ3n) is 3.49. The molecule has 0 aromatic carbocycles. The van der Waals surface area contributed by atoms with Crippen LogP contribution in [0.3, 0.4) is 0 Å². The van der Waals surface area contributed by atoms with Crippen molar-refractivity contribution in [3.63, 3.8) is 0 Å². The summed E-state index contributed by atoms with van der Waals surface area (Å²) in [5.41, 5.74) is 0. The molecule has 0 aromatic heterocycles. The maximum atomic E-state index is 12.1. The second kappa shape index (κ2) is 7.99. The van der Waals surface area contributed by atoms with E-state index in [9.17, 15) is 9.59 Å². The zero-order chi connectivity index (χ0) is 14.3. The van der Waals surface area contributed by atoms with Crippen molar-refractivity contribution in [2.45, 2.75) is 39.2 Å². The van der Waals surface area contributed by atoms with Crippen molar-refractivity contribution < 1.29 is 14.7 Å². The van der Waals surface area contributed by atoms with Gasteiger partial charge in [-0.2, -0.15) is 0 Å². The SMILES string of the molecule is CCCC(CC(=O)O)NC(=O)N1CCN(CC)CC1. The van der Waals surface area contributed by atoms with E-state index in [2.05, 4.69) is 17.1 Å². The van der Waals surface area contributed by atoms with Crippen molar-refractivity contribution in [1.29, 1.82) is 0 Å². The van der Waals surface area contributed by atoms with Crippen LogP contribution in [0.15, 0.2) is 0 Å². The Morgan fingerprint density at radius 2 is 1.84 bits per heavy atom. The van der Waals surface area contributed by atoms with Crippen LogP contribution in [0.1, 0.15) is 33.1 Å². The highest BCUT2D eigenvalue weighted by Crippen LogP contribution is 2.06. The van der Waals surface area contributed by atoms with Crippen molar-refractivity contribution in [2.24, 2.45) is 0 Å². The number of amides is 2. The number of likely N-dealkylation sites (N-methyl/N-ethyl adjacent to an activating group) is 1. The summed E-state index contributed by atoms with van der Waals surface area (Å²) < 4.78 is 0. The zero-order valence-electron chi connectivity index (χ0n) is 11.9. The number of piperazine rings is 1. The first-order chi connectivity index (χ1) is 9.06.